The van der Waals surface area contributed by atoms with E-state index in [9.17, 15) is 28.4 Å². The molecular formula is C58H79FIN11O9S. The molecule has 3 atom stereocenters. The van der Waals surface area contributed by atoms with Crippen molar-refractivity contribution in [1.29, 1.82) is 0 Å². The molecule has 0 bridgehead atoms. The third-order valence-electron chi connectivity index (χ3n) is 13.0. The van der Waals surface area contributed by atoms with E-state index in [0.717, 1.165) is 79.1 Å². The molecule has 20 nitrogen and oxygen atoms in total. The van der Waals surface area contributed by atoms with E-state index in [1.165, 1.54) is 24.5 Å². The number of nitrogens with zero attached hydrogens (tertiary/aromatic N) is 3. The van der Waals surface area contributed by atoms with Crippen LogP contribution in [0.3, 0.4) is 0 Å². The van der Waals surface area contributed by atoms with Crippen LogP contribution in [0.15, 0.2) is 91.3 Å². The number of alkyl halides is 1. The molecule has 23 heteroatoms. The van der Waals surface area contributed by atoms with E-state index < -0.39 is 0 Å². The van der Waals surface area contributed by atoms with Gasteiger partial charge >= 0.3 is 6.03 Å². The van der Waals surface area contributed by atoms with Gasteiger partial charge in [0.15, 0.2) is 0 Å². The van der Waals surface area contributed by atoms with E-state index in [1.807, 2.05) is 73.4 Å². The summed E-state index contributed by atoms with van der Waals surface area (Å²) in [6, 6.07) is 21.6. The molecule has 6 amide bonds. The largest absolute Gasteiger partial charge is 0.489 e. The van der Waals surface area contributed by atoms with Crippen LogP contribution in [-0.4, -0.2) is 147 Å². The third kappa shape index (κ3) is 25.7. The maximum atomic E-state index is 13.6. The second-order valence-corrected chi connectivity index (χ2v) is 21.7. The first-order valence-corrected chi connectivity index (χ1v) is 30.5. The first kappa shape index (κ1) is 64.1. The van der Waals surface area contributed by atoms with E-state index in [1.54, 1.807) is 12.1 Å². The molecular weight excluding hydrogens is 1170 g/mol. The number of hydrogen-bond donors (Lipinski definition) is 8. The van der Waals surface area contributed by atoms with Crippen molar-refractivity contribution in [2.75, 3.05) is 101 Å². The van der Waals surface area contributed by atoms with Gasteiger partial charge in [-0.1, -0.05) is 53.3 Å². The van der Waals surface area contributed by atoms with Crippen LogP contribution in [0.25, 0.3) is 0 Å². The molecule has 2 saturated heterocycles. The van der Waals surface area contributed by atoms with Crippen molar-refractivity contribution >= 4 is 92.7 Å². The van der Waals surface area contributed by atoms with Crippen molar-refractivity contribution < 1.29 is 47.3 Å². The predicted octanol–water partition coefficient (Wildman–Crippen LogP) is 7.90. The molecule has 0 unspecified atom stereocenters. The molecule has 8 N–H and O–H groups in total. The highest BCUT2D eigenvalue weighted by atomic mass is 127. The lowest BCUT2D eigenvalue weighted by Crippen LogP contribution is -2.36. The summed E-state index contributed by atoms with van der Waals surface area (Å²) in [5.41, 5.74) is 3.90. The maximum Gasteiger partial charge on any atom is 0.315 e. The van der Waals surface area contributed by atoms with Crippen LogP contribution in [0.5, 0.6) is 5.75 Å². The van der Waals surface area contributed by atoms with Crippen molar-refractivity contribution in [1.82, 2.24) is 41.5 Å². The lowest BCUT2D eigenvalue weighted by molar-refractivity contribution is -0.123. The molecule has 0 aliphatic carbocycles. The molecule has 1 aromatic heterocycles. The van der Waals surface area contributed by atoms with Gasteiger partial charge in [-0.2, -0.15) is 11.8 Å². The minimum absolute atomic E-state index is 0.0605. The van der Waals surface area contributed by atoms with E-state index in [0.29, 0.717) is 112 Å². The van der Waals surface area contributed by atoms with E-state index in [2.05, 4.69) is 80.0 Å². The number of anilines is 5. The average Bonchev–Trinajstić information content (AvgIpc) is 4.08. The van der Waals surface area contributed by atoms with Crippen molar-refractivity contribution in [3.05, 3.63) is 108 Å². The number of amides is 6. The van der Waals surface area contributed by atoms with Crippen LogP contribution in [0.2, 0.25) is 0 Å². The number of nitrogens with one attached hydrogen (secondary N) is 8. The smallest absolute Gasteiger partial charge is 0.315 e. The van der Waals surface area contributed by atoms with E-state index in [4.69, 9.17) is 18.9 Å². The van der Waals surface area contributed by atoms with Gasteiger partial charge in [0.2, 0.25) is 23.6 Å². The highest BCUT2D eigenvalue weighted by Crippen LogP contribution is 2.33. The minimum Gasteiger partial charge on any atom is -0.489 e. The van der Waals surface area contributed by atoms with Gasteiger partial charge in [-0.25, -0.2) is 19.2 Å². The van der Waals surface area contributed by atoms with E-state index >= 15 is 0 Å². The van der Waals surface area contributed by atoms with Crippen LogP contribution in [0, 0.1) is 5.82 Å². The molecule has 6 rings (SSSR count). The number of benzene rings is 3. The van der Waals surface area contributed by atoms with Gasteiger partial charge in [0, 0.05) is 109 Å². The minimum atomic E-state index is -0.297. The van der Waals surface area contributed by atoms with Crippen molar-refractivity contribution in [2.45, 2.75) is 99.0 Å². The van der Waals surface area contributed by atoms with Gasteiger partial charge in [0.1, 0.15) is 36.1 Å². The monoisotopic (exact) mass is 1250 g/mol. The van der Waals surface area contributed by atoms with Gasteiger partial charge in [0.25, 0.3) is 0 Å². The van der Waals surface area contributed by atoms with Crippen molar-refractivity contribution in [3.8, 4) is 5.75 Å². The summed E-state index contributed by atoms with van der Waals surface area (Å²) < 4.78 is 37.1. The Hall–Kier alpha value is -6.12. The Balaban J connectivity index is 0.691. The fraction of sp³-hybridized carbons (Fsp3) is 0.500. The number of rotatable bonds is 40. The molecule has 0 saturated carbocycles. The molecule has 2 fully saturated rings. The van der Waals surface area contributed by atoms with Crippen LogP contribution in [-0.2, 0) is 44.4 Å². The second-order valence-electron chi connectivity index (χ2n) is 19.7. The Labute approximate surface area is 492 Å². The predicted molar refractivity (Wildman–Crippen MR) is 323 cm³/mol. The molecule has 440 valence electrons. The molecule has 81 heavy (non-hydrogen) atoms. The van der Waals surface area contributed by atoms with Crippen LogP contribution in [0.1, 0.15) is 81.8 Å². The molecule has 2 aliphatic rings. The van der Waals surface area contributed by atoms with Crippen LogP contribution < -0.4 is 47.3 Å². The van der Waals surface area contributed by atoms with Crippen LogP contribution >= 0.6 is 34.4 Å². The molecule has 4 aromatic rings. The molecule has 3 heterocycles. The normalized spacial score (nSPS) is 15.5. The lowest BCUT2D eigenvalue weighted by Gasteiger charge is -2.16. The summed E-state index contributed by atoms with van der Waals surface area (Å²) in [6.07, 6.45) is 12.2. The number of urea groups is 1. The average molecular weight is 1250 g/mol. The molecule has 0 radical (unpaired) electrons. The number of aromatic nitrogens is 2. The Morgan fingerprint density at radius 3 is 2.06 bits per heavy atom. The zero-order valence-corrected chi connectivity index (χ0v) is 49.2. The number of likely N-dealkylation sites (N-methyl/N-ethyl adjacent to an activating group) is 1. The zero-order valence-electron chi connectivity index (χ0n) is 46.3. The van der Waals surface area contributed by atoms with Gasteiger partial charge in [-0.15, -0.1) is 0 Å². The standard InChI is InChI=1S/C58H79FIN11O9S/c1-71(27-9-20-56(75)68-46-15-7-14-45(36-46)66-51-37-52(65-41-64-51)67-47-21-22-49(43(35-47)38-60)80-39-42-12-6-13-44(59)34-42)26-5-4-23-61-54(73)18-8-19-55(74)63-25-11-29-78-31-33-79-32-30-77-28-10-24-62-53(72)17-3-2-16-50-57-48(40-81-50)69-58(76)70-57/h6-7,9,12-15,20-22,34-37,41,48,50,57H,2-5,8,10-11,16-19,23-33,38-40H2,1H3,(H,61,73)(H,62,72)(H,63,74)(H,68,75)(H2,69,70,76)(H2,64,65,66,67)/b20-9+/t48-,50-,57-/m0/s1. The van der Waals surface area contributed by atoms with Crippen LogP contribution in [0.4, 0.5) is 37.9 Å². The Morgan fingerprint density at radius 1 is 0.728 bits per heavy atom. The number of halogens is 2. The van der Waals surface area contributed by atoms with Gasteiger partial charge in [-0.3, -0.25) is 19.2 Å². The number of hydrogen-bond acceptors (Lipinski definition) is 15. The van der Waals surface area contributed by atoms with Gasteiger partial charge in [0.05, 0.1) is 38.5 Å². The summed E-state index contributed by atoms with van der Waals surface area (Å²) in [6.45, 7) is 6.13. The lowest BCUT2D eigenvalue weighted by atomic mass is 10.0. The zero-order chi connectivity index (χ0) is 57.3. The topological polar surface area (TPSA) is 248 Å². The van der Waals surface area contributed by atoms with Gasteiger partial charge < -0.3 is 66.4 Å². The summed E-state index contributed by atoms with van der Waals surface area (Å²) in [5.74, 6) is 2.16. The van der Waals surface area contributed by atoms with E-state index in [-0.39, 0.29) is 67.0 Å². The van der Waals surface area contributed by atoms with Crippen molar-refractivity contribution in [3.63, 3.8) is 0 Å². The maximum absolute atomic E-state index is 13.6. The number of carbonyl (C=O) groups excluding carboxylic acids is 5. The van der Waals surface area contributed by atoms with Crippen molar-refractivity contribution in [2.24, 2.45) is 0 Å². The summed E-state index contributed by atoms with van der Waals surface area (Å²) in [7, 11) is 1.98. The number of ether oxygens (including phenoxy) is 4. The highest BCUT2D eigenvalue weighted by Gasteiger charge is 2.42. The summed E-state index contributed by atoms with van der Waals surface area (Å²) >= 11 is 4.18. The summed E-state index contributed by atoms with van der Waals surface area (Å²) in [4.78, 5) is 71.8. The molecule has 2 aliphatic heterocycles. The number of unbranched alkanes of at least 4 members (excludes halogenated alkanes) is 2. The third-order valence-corrected chi connectivity index (χ3v) is 15.3. The fourth-order valence-corrected chi connectivity index (χ4v) is 10.9. The number of carbonyl (C=O) groups is 5. The SMILES string of the molecule is CN(C/C=C/C(=O)Nc1cccc(Nc2cc(Nc3ccc(OCc4cccc(F)c4)c(CI)c3)ncn2)c1)CCCCNC(=O)CCCC(=O)NCCCOCCOCCOCCCNC(=O)CCCC[C@@H]1SC[C@@H]2NC(=O)N[C@@H]21. The highest BCUT2D eigenvalue weighted by molar-refractivity contribution is 14.1. The van der Waals surface area contributed by atoms with Gasteiger partial charge in [-0.05, 0) is 113 Å². The number of fused-ring (bicyclic) bond motifs is 1. The molecule has 0 spiro atoms. The molecule has 3 aromatic carbocycles. The Bertz CT molecular complexity index is 2620. The number of thioether (sulfide) groups is 1. The fourth-order valence-electron chi connectivity index (χ4n) is 8.80. The first-order valence-electron chi connectivity index (χ1n) is 27.9. The quantitative estimate of drug-likeness (QED) is 0.00694. The second kappa shape index (κ2) is 37.1. The summed E-state index contributed by atoms with van der Waals surface area (Å²) in [5, 5.41) is 24.7. The Morgan fingerprint density at radius 2 is 1.37 bits per heavy atom. The Kier molecular flexibility index (Phi) is 29.3. The first-order chi connectivity index (χ1) is 39.5.